The molecule has 2 aromatic carbocycles. The number of ether oxygens (including phenoxy) is 2. The molecule has 0 radical (unpaired) electrons. The van der Waals surface area contributed by atoms with Crippen LogP contribution in [-0.4, -0.2) is 35.3 Å². The Bertz CT molecular complexity index is 1240. The molecule has 0 fully saturated rings. The highest BCUT2D eigenvalue weighted by Crippen LogP contribution is 2.33. The fourth-order valence-electron chi connectivity index (χ4n) is 2.80. The van der Waals surface area contributed by atoms with Gasteiger partial charge in [-0.05, 0) is 43.5 Å². The van der Waals surface area contributed by atoms with Crippen LogP contribution >= 0.6 is 23.4 Å². The van der Waals surface area contributed by atoms with E-state index < -0.39 is 11.5 Å². The minimum absolute atomic E-state index is 0.0990. The first kappa shape index (κ1) is 23.2. The molecule has 8 nitrogen and oxygen atoms in total. The highest BCUT2D eigenvalue weighted by Gasteiger charge is 2.16. The third kappa shape index (κ3) is 5.41. The van der Waals surface area contributed by atoms with Gasteiger partial charge < -0.3 is 19.8 Å². The van der Waals surface area contributed by atoms with E-state index in [0.717, 1.165) is 0 Å². The van der Waals surface area contributed by atoms with Gasteiger partial charge in [0, 0.05) is 5.56 Å². The van der Waals surface area contributed by atoms with Crippen molar-refractivity contribution in [1.82, 2.24) is 9.97 Å². The molecule has 164 valence electrons. The summed E-state index contributed by atoms with van der Waals surface area (Å²) in [5, 5.41) is 12.9. The smallest absolute Gasteiger partial charge is 0.270 e. The van der Waals surface area contributed by atoms with Crippen molar-refractivity contribution in [3.63, 3.8) is 0 Å². The number of H-pyrrole nitrogens is 1. The van der Waals surface area contributed by atoms with Crippen molar-refractivity contribution < 1.29 is 14.3 Å². The quantitative estimate of drug-likeness (QED) is 0.376. The van der Waals surface area contributed by atoms with Crippen LogP contribution in [0, 0.1) is 11.3 Å². The van der Waals surface area contributed by atoms with Crippen LogP contribution in [0.15, 0.2) is 52.4 Å². The van der Waals surface area contributed by atoms with Crippen LogP contribution in [0.1, 0.15) is 12.5 Å². The first-order chi connectivity index (χ1) is 15.5. The summed E-state index contributed by atoms with van der Waals surface area (Å²) in [6, 6.07) is 13.7. The van der Waals surface area contributed by atoms with Crippen LogP contribution < -0.4 is 20.3 Å². The maximum absolute atomic E-state index is 12.3. The van der Waals surface area contributed by atoms with E-state index in [2.05, 4.69) is 15.3 Å². The van der Waals surface area contributed by atoms with Gasteiger partial charge in [-0.3, -0.25) is 9.59 Å². The molecule has 0 aliphatic heterocycles. The maximum atomic E-state index is 12.3. The summed E-state index contributed by atoms with van der Waals surface area (Å²) in [5.74, 6) is 0.294. The van der Waals surface area contributed by atoms with E-state index in [4.69, 9.17) is 21.1 Å². The van der Waals surface area contributed by atoms with Crippen molar-refractivity contribution in [3.05, 3.63) is 63.4 Å². The van der Waals surface area contributed by atoms with Gasteiger partial charge >= 0.3 is 0 Å². The number of benzene rings is 2. The molecule has 0 atom stereocenters. The van der Waals surface area contributed by atoms with E-state index >= 15 is 0 Å². The average Bonchev–Trinajstić information content (AvgIpc) is 2.79. The number of rotatable bonds is 8. The number of aromatic amines is 1. The minimum Gasteiger partial charge on any atom is -0.490 e. The predicted octanol–water partition coefficient (Wildman–Crippen LogP) is 4.10. The molecule has 0 saturated heterocycles. The molecular formula is C22H19ClN4O4S. The number of thioether (sulfide) groups is 1. The zero-order valence-electron chi connectivity index (χ0n) is 17.3. The highest BCUT2D eigenvalue weighted by molar-refractivity contribution is 7.98. The number of nitriles is 1. The molecule has 0 aliphatic rings. The lowest BCUT2D eigenvalue weighted by molar-refractivity contribution is -0.118. The van der Waals surface area contributed by atoms with Gasteiger partial charge in [0.05, 0.1) is 23.0 Å². The molecule has 0 bridgehead atoms. The summed E-state index contributed by atoms with van der Waals surface area (Å²) in [6.07, 6.45) is 1.77. The largest absolute Gasteiger partial charge is 0.490 e. The van der Waals surface area contributed by atoms with Crippen LogP contribution in [0.25, 0.3) is 11.3 Å². The van der Waals surface area contributed by atoms with Gasteiger partial charge in [0.2, 0.25) is 0 Å². The Morgan fingerprint density at radius 1 is 1.25 bits per heavy atom. The van der Waals surface area contributed by atoms with Crippen molar-refractivity contribution in [2.45, 2.75) is 12.1 Å². The molecule has 10 heteroatoms. The number of para-hydroxylation sites is 1. The van der Waals surface area contributed by atoms with E-state index in [9.17, 15) is 14.9 Å². The van der Waals surface area contributed by atoms with Crippen LogP contribution in [0.3, 0.4) is 0 Å². The van der Waals surface area contributed by atoms with E-state index in [1.165, 1.54) is 11.8 Å². The summed E-state index contributed by atoms with van der Waals surface area (Å²) in [6.45, 7) is 1.88. The Morgan fingerprint density at radius 3 is 2.72 bits per heavy atom. The second-order valence-corrected chi connectivity index (χ2v) is 7.52. The van der Waals surface area contributed by atoms with Gasteiger partial charge in [0.25, 0.3) is 11.5 Å². The summed E-state index contributed by atoms with van der Waals surface area (Å²) < 4.78 is 11.3. The number of halogens is 1. The number of anilines is 1. The summed E-state index contributed by atoms with van der Waals surface area (Å²) in [5.41, 5.74) is 0.621. The molecular weight excluding hydrogens is 452 g/mol. The molecule has 1 amide bonds. The lowest BCUT2D eigenvalue weighted by atomic mass is 10.1. The van der Waals surface area contributed by atoms with Crippen molar-refractivity contribution >= 4 is 35.0 Å². The topological polar surface area (TPSA) is 117 Å². The highest BCUT2D eigenvalue weighted by atomic mass is 35.5. The molecule has 32 heavy (non-hydrogen) atoms. The summed E-state index contributed by atoms with van der Waals surface area (Å²) in [4.78, 5) is 31.4. The molecule has 0 aliphatic carbocycles. The SMILES string of the molecule is CCOc1cc(-c2nc(SC)[nH]c(=O)c2C#N)ccc1OCC(=O)Nc1ccccc1Cl. The zero-order chi connectivity index (χ0) is 23.1. The van der Waals surface area contributed by atoms with Crippen molar-refractivity contribution in [1.29, 1.82) is 5.26 Å². The number of aromatic nitrogens is 2. The lowest BCUT2D eigenvalue weighted by Gasteiger charge is -2.14. The van der Waals surface area contributed by atoms with Gasteiger partial charge in [0.15, 0.2) is 23.3 Å². The van der Waals surface area contributed by atoms with Crippen LogP contribution in [0.4, 0.5) is 5.69 Å². The Kier molecular flexibility index (Phi) is 7.76. The molecule has 1 heterocycles. The Balaban J connectivity index is 1.85. The van der Waals surface area contributed by atoms with Gasteiger partial charge in [-0.2, -0.15) is 5.26 Å². The zero-order valence-corrected chi connectivity index (χ0v) is 18.8. The number of amides is 1. The third-order valence-electron chi connectivity index (χ3n) is 4.23. The standard InChI is InChI=1S/C22H19ClN4O4S/c1-3-30-18-10-13(20-14(11-24)21(29)27-22(26-20)32-2)8-9-17(18)31-12-19(28)25-16-7-5-4-6-15(16)23/h4-10H,3,12H2,1-2H3,(H,25,28)(H,26,27,29). The van der Waals surface area contributed by atoms with Gasteiger partial charge in [-0.1, -0.05) is 35.5 Å². The van der Waals surface area contributed by atoms with Crippen LogP contribution in [0.5, 0.6) is 11.5 Å². The molecule has 0 spiro atoms. The number of hydrogen-bond acceptors (Lipinski definition) is 7. The summed E-state index contributed by atoms with van der Waals surface area (Å²) in [7, 11) is 0. The van der Waals surface area contributed by atoms with Crippen LogP contribution in [-0.2, 0) is 4.79 Å². The monoisotopic (exact) mass is 470 g/mol. The van der Waals surface area contributed by atoms with Gasteiger partial charge in [-0.25, -0.2) is 4.98 Å². The number of carbonyl (C=O) groups excluding carboxylic acids is 1. The molecule has 0 unspecified atom stereocenters. The Labute approximate surface area is 193 Å². The second-order valence-electron chi connectivity index (χ2n) is 6.32. The van der Waals surface area contributed by atoms with Crippen molar-refractivity contribution in [3.8, 4) is 28.8 Å². The van der Waals surface area contributed by atoms with Crippen LogP contribution in [0.2, 0.25) is 5.02 Å². The van der Waals surface area contributed by atoms with E-state index in [-0.39, 0.29) is 17.9 Å². The van der Waals surface area contributed by atoms with E-state index in [1.807, 2.05) is 6.07 Å². The fourth-order valence-corrected chi connectivity index (χ4v) is 3.36. The summed E-state index contributed by atoms with van der Waals surface area (Å²) >= 11 is 7.31. The first-order valence-electron chi connectivity index (χ1n) is 9.49. The van der Waals surface area contributed by atoms with Gasteiger partial charge in [0.1, 0.15) is 11.6 Å². The molecule has 1 aromatic heterocycles. The first-order valence-corrected chi connectivity index (χ1v) is 11.1. The van der Waals surface area contributed by atoms with E-state index in [1.54, 1.807) is 55.6 Å². The molecule has 3 rings (SSSR count). The lowest BCUT2D eigenvalue weighted by Crippen LogP contribution is -2.20. The van der Waals surface area contributed by atoms with Gasteiger partial charge in [-0.15, -0.1) is 0 Å². The second kappa shape index (κ2) is 10.7. The minimum atomic E-state index is -0.517. The Hall–Kier alpha value is -3.48. The predicted molar refractivity (Wildman–Crippen MR) is 124 cm³/mol. The number of carbonyl (C=O) groups is 1. The molecule has 3 aromatic rings. The number of nitrogens with one attached hydrogen (secondary N) is 2. The third-order valence-corrected chi connectivity index (χ3v) is 5.14. The number of hydrogen-bond donors (Lipinski definition) is 2. The van der Waals surface area contributed by atoms with E-state index in [0.29, 0.717) is 39.5 Å². The molecule has 0 saturated carbocycles. The average molecular weight is 471 g/mol. The fraction of sp³-hybridized carbons (Fsp3) is 0.182. The normalized spacial score (nSPS) is 10.3. The Morgan fingerprint density at radius 2 is 2.03 bits per heavy atom. The maximum Gasteiger partial charge on any atom is 0.270 e. The van der Waals surface area contributed by atoms with Crippen molar-refractivity contribution in [2.75, 3.05) is 24.8 Å². The van der Waals surface area contributed by atoms with Crippen molar-refractivity contribution in [2.24, 2.45) is 0 Å². The number of nitrogens with zero attached hydrogens (tertiary/aromatic N) is 2. The molecule has 2 N–H and O–H groups in total.